The van der Waals surface area contributed by atoms with Gasteiger partial charge in [0.15, 0.2) is 0 Å². The summed E-state index contributed by atoms with van der Waals surface area (Å²) in [4.78, 5) is 13.3. The Morgan fingerprint density at radius 2 is 1.90 bits per heavy atom. The number of amides is 1. The Morgan fingerprint density at radius 3 is 2.52 bits per heavy atom. The molecular formula is C16H16N4O. The molecule has 0 radical (unpaired) electrons. The van der Waals surface area contributed by atoms with Gasteiger partial charge in [0, 0.05) is 17.8 Å². The fourth-order valence-electron chi connectivity index (χ4n) is 2.09. The van der Waals surface area contributed by atoms with Crippen molar-refractivity contribution in [2.45, 2.75) is 6.42 Å². The molecule has 4 N–H and O–H groups in total. The normalized spacial score (nSPS) is 9.86. The zero-order valence-corrected chi connectivity index (χ0v) is 11.5. The summed E-state index contributed by atoms with van der Waals surface area (Å²) in [5.41, 5.74) is 13.8. The summed E-state index contributed by atoms with van der Waals surface area (Å²) in [5, 5.41) is 8.84. The number of nitrogens with two attached hydrogens (primary N) is 2. The van der Waals surface area contributed by atoms with Gasteiger partial charge in [0.25, 0.3) is 0 Å². The maximum atomic E-state index is 11.3. The van der Waals surface area contributed by atoms with Crippen LogP contribution in [0.15, 0.2) is 48.5 Å². The summed E-state index contributed by atoms with van der Waals surface area (Å²) in [5.74, 6) is -0.510. The minimum absolute atomic E-state index is 0.342. The van der Waals surface area contributed by atoms with Crippen LogP contribution < -0.4 is 16.4 Å². The summed E-state index contributed by atoms with van der Waals surface area (Å²) in [7, 11) is 0. The zero-order chi connectivity index (χ0) is 15.2. The zero-order valence-electron chi connectivity index (χ0n) is 11.5. The molecule has 0 aromatic heterocycles. The number of carbonyl (C=O) groups excluding carboxylic acids is 1. The average molecular weight is 280 g/mol. The molecule has 5 heteroatoms. The number of nitrogens with zero attached hydrogens (tertiary/aromatic N) is 2. The van der Waals surface area contributed by atoms with E-state index in [4.69, 9.17) is 16.7 Å². The van der Waals surface area contributed by atoms with Crippen LogP contribution in [0.5, 0.6) is 0 Å². The first-order valence-electron chi connectivity index (χ1n) is 6.52. The van der Waals surface area contributed by atoms with Crippen molar-refractivity contribution in [3.05, 3.63) is 54.1 Å². The molecule has 0 heterocycles. The highest BCUT2D eigenvalue weighted by Crippen LogP contribution is 2.31. The lowest BCUT2D eigenvalue weighted by Crippen LogP contribution is -2.20. The summed E-state index contributed by atoms with van der Waals surface area (Å²) in [6.45, 7) is 0.479. The molecule has 0 unspecified atom stereocenters. The number of benzene rings is 2. The third-order valence-electron chi connectivity index (χ3n) is 3.12. The van der Waals surface area contributed by atoms with Crippen LogP contribution >= 0.6 is 0 Å². The highest BCUT2D eigenvalue weighted by atomic mass is 16.1. The van der Waals surface area contributed by atoms with E-state index in [0.717, 1.165) is 5.69 Å². The molecular weight excluding hydrogens is 264 g/mol. The van der Waals surface area contributed by atoms with Crippen molar-refractivity contribution in [3.63, 3.8) is 0 Å². The molecule has 0 spiro atoms. The van der Waals surface area contributed by atoms with Gasteiger partial charge in [-0.15, -0.1) is 0 Å². The van der Waals surface area contributed by atoms with Crippen LogP contribution in [0.3, 0.4) is 0 Å². The number of primary amides is 1. The molecule has 21 heavy (non-hydrogen) atoms. The fraction of sp³-hybridized carbons (Fsp3) is 0.125. The lowest BCUT2D eigenvalue weighted by molar-refractivity contribution is 0.100. The molecule has 106 valence electrons. The first kappa shape index (κ1) is 14.4. The van der Waals surface area contributed by atoms with Crippen molar-refractivity contribution >= 4 is 23.0 Å². The van der Waals surface area contributed by atoms with Crippen molar-refractivity contribution in [2.24, 2.45) is 5.73 Å². The Kier molecular flexibility index (Phi) is 4.42. The summed E-state index contributed by atoms with van der Waals surface area (Å²) in [6, 6.07) is 16.6. The highest BCUT2D eigenvalue weighted by molar-refractivity contribution is 5.95. The van der Waals surface area contributed by atoms with Gasteiger partial charge < -0.3 is 16.4 Å². The Labute approximate surface area is 123 Å². The van der Waals surface area contributed by atoms with Gasteiger partial charge in [-0.25, -0.2) is 0 Å². The SMILES string of the molecule is N#CCCN(c1ccccc1)c1cc(C(N)=O)ccc1N. The first-order valence-corrected chi connectivity index (χ1v) is 6.52. The number of rotatable bonds is 5. The summed E-state index contributed by atoms with van der Waals surface area (Å²) in [6.07, 6.45) is 0.342. The Morgan fingerprint density at radius 1 is 1.19 bits per heavy atom. The quantitative estimate of drug-likeness (QED) is 0.822. The Bertz CT molecular complexity index is 676. The second kappa shape index (κ2) is 6.44. The lowest BCUT2D eigenvalue weighted by Gasteiger charge is -2.25. The van der Waals surface area contributed by atoms with E-state index in [2.05, 4.69) is 6.07 Å². The molecule has 0 atom stereocenters. The van der Waals surface area contributed by atoms with E-state index in [0.29, 0.717) is 29.9 Å². The van der Waals surface area contributed by atoms with Crippen LogP contribution in [-0.4, -0.2) is 12.5 Å². The molecule has 0 aliphatic heterocycles. The predicted molar refractivity (Wildman–Crippen MR) is 83.1 cm³/mol. The molecule has 1 amide bonds. The van der Waals surface area contributed by atoms with Crippen LogP contribution in [0.1, 0.15) is 16.8 Å². The average Bonchev–Trinajstić information content (AvgIpc) is 2.50. The van der Waals surface area contributed by atoms with Crippen LogP contribution in [-0.2, 0) is 0 Å². The second-order valence-corrected chi connectivity index (χ2v) is 4.53. The Balaban J connectivity index is 2.48. The molecule has 0 bridgehead atoms. The highest BCUT2D eigenvalue weighted by Gasteiger charge is 2.14. The largest absolute Gasteiger partial charge is 0.397 e. The van der Waals surface area contributed by atoms with E-state index in [1.165, 1.54) is 0 Å². The fourth-order valence-corrected chi connectivity index (χ4v) is 2.09. The van der Waals surface area contributed by atoms with Crippen LogP contribution in [0, 0.1) is 11.3 Å². The van der Waals surface area contributed by atoms with Crippen molar-refractivity contribution in [1.82, 2.24) is 0 Å². The monoisotopic (exact) mass is 280 g/mol. The predicted octanol–water partition coefficient (Wildman–Crippen LogP) is 2.42. The Hall–Kier alpha value is -3.00. The van der Waals surface area contributed by atoms with E-state index in [-0.39, 0.29) is 0 Å². The molecule has 0 saturated heterocycles. The maximum Gasteiger partial charge on any atom is 0.248 e. The topological polar surface area (TPSA) is 96.1 Å². The molecule has 2 aromatic carbocycles. The molecule has 0 fully saturated rings. The summed E-state index contributed by atoms with van der Waals surface area (Å²) >= 11 is 0. The van der Waals surface area contributed by atoms with Crippen molar-refractivity contribution in [3.8, 4) is 6.07 Å². The molecule has 2 aromatic rings. The third kappa shape index (κ3) is 3.31. The number of hydrogen-bond donors (Lipinski definition) is 2. The molecule has 0 aliphatic carbocycles. The van der Waals surface area contributed by atoms with Crippen molar-refractivity contribution in [2.75, 3.05) is 17.2 Å². The minimum Gasteiger partial charge on any atom is -0.397 e. The molecule has 5 nitrogen and oxygen atoms in total. The van der Waals surface area contributed by atoms with Gasteiger partial charge in [-0.1, -0.05) is 18.2 Å². The summed E-state index contributed by atoms with van der Waals surface area (Å²) < 4.78 is 0. The number of hydrogen-bond acceptors (Lipinski definition) is 4. The van der Waals surface area contributed by atoms with Gasteiger partial charge in [-0.2, -0.15) is 5.26 Å². The minimum atomic E-state index is -0.510. The maximum absolute atomic E-state index is 11.3. The number of carbonyl (C=O) groups is 1. The molecule has 2 rings (SSSR count). The van der Waals surface area contributed by atoms with Crippen molar-refractivity contribution in [1.29, 1.82) is 5.26 Å². The third-order valence-corrected chi connectivity index (χ3v) is 3.12. The van der Waals surface area contributed by atoms with Gasteiger partial charge in [0.2, 0.25) is 5.91 Å². The van der Waals surface area contributed by atoms with E-state index >= 15 is 0 Å². The second-order valence-electron chi connectivity index (χ2n) is 4.53. The van der Waals surface area contributed by atoms with Crippen LogP contribution in [0.4, 0.5) is 17.1 Å². The van der Waals surface area contributed by atoms with Gasteiger partial charge in [-0.05, 0) is 30.3 Å². The smallest absolute Gasteiger partial charge is 0.248 e. The van der Waals surface area contributed by atoms with Gasteiger partial charge >= 0.3 is 0 Å². The van der Waals surface area contributed by atoms with E-state index in [9.17, 15) is 4.79 Å². The van der Waals surface area contributed by atoms with Gasteiger partial charge in [-0.3, -0.25) is 4.79 Å². The number of para-hydroxylation sites is 1. The number of nitrogen functional groups attached to an aromatic ring is 1. The molecule has 0 saturated carbocycles. The number of nitriles is 1. The lowest BCUT2D eigenvalue weighted by atomic mass is 10.1. The van der Waals surface area contributed by atoms with E-state index < -0.39 is 5.91 Å². The van der Waals surface area contributed by atoms with Crippen LogP contribution in [0.2, 0.25) is 0 Å². The van der Waals surface area contributed by atoms with Crippen molar-refractivity contribution < 1.29 is 4.79 Å². The van der Waals surface area contributed by atoms with Crippen LogP contribution in [0.25, 0.3) is 0 Å². The number of anilines is 3. The van der Waals surface area contributed by atoms with Gasteiger partial charge in [0.1, 0.15) is 0 Å². The van der Waals surface area contributed by atoms with E-state index in [1.807, 2.05) is 35.2 Å². The van der Waals surface area contributed by atoms with E-state index in [1.54, 1.807) is 18.2 Å². The first-order chi connectivity index (χ1) is 10.1. The standard InChI is InChI=1S/C16H16N4O/c17-9-4-10-20(13-5-2-1-3-6-13)15-11-12(16(19)21)7-8-14(15)18/h1-3,5-8,11H,4,10,18H2,(H2,19,21). The molecule has 0 aliphatic rings. The van der Waals surface area contributed by atoms with Gasteiger partial charge in [0.05, 0.1) is 23.9 Å².